The fourth-order valence-corrected chi connectivity index (χ4v) is 5.02. The molecule has 2 aromatic carbocycles. The minimum absolute atomic E-state index is 1.05. The third-order valence-electron chi connectivity index (χ3n) is 4.75. The lowest BCUT2D eigenvalue weighted by atomic mass is 10.1. The third kappa shape index (κ3) is 5.32. The second-order valence-corrected chi connectivity index (χ2v) is 9.10. The lowest BCUT2D eigenvalue weighted by Crippen LogP contribution is -1.86. The number of nitrogens with zero attached hydrogens (tertiary/aromatic N) is 2. The van der Waals surface area contributed by atoms with Gasteiger partial charge in [0.05, 0.1) is 22.1 Å². The Morgan fingerprint density at radius 2 is 1.00 bits per heavy atom. The molecule has 0 fully saturated rings. The summed E-state index contributed by atoms with van der Waals surface area (Å²) in [6, 6.07) is 16.4. The van der Waals surface area contributed by atoms with Gasteiger partial charge in [0, 0.05) is 11.5 Å². The molecule has 0 atom stereocenters. The van der Waals surface area contributed by atoms with Crippen molar-refractivity contribution in [2.75, 3.05) is 11.5 Å². The van der Waals surface area contributed by atoms with E-state index in [1.165, 1.54) is 38.5 Å². The van der Waals surface area contributed by atoms with E-state index in [1.807, 2.05) is 47.8 Å². The number of fused-ring (bicyclic) bond motifs is 2. The van der Waals surface area contributed by atoms with Crippen LogP contribution in [0.4, 0.5) is 0 Å². The van der Waals surface area contributed by atoms with Crippen molar-refractivity contribution < 1.29 is 0 Å². The zero-order valence-electron chi connectivity index (χ0n) is 16.0. The van der Waals surface area contributed by atoms with Crippen LogP contribution in [0.15, 0.2) is 58.8 Å². The normalized spacial score (nSPS) is 11.6. The van der Waals surface area contributed by atoms with E-state index in [0.717, 1.165) is 43.9 Å². The quantitative estimate of drug-likeness (QED) is 0.214. The summed E-state index contributed by atoms with van der Waals surface area (Å²) in [7, 11) is 0. The highest BCUT2D eigenvalue weighted by atomic mass is 32.2. The van der Waals surface area contributed by atoms with Crippen LogP contribution in [0.5, 0.6) is 0 Å². The molecule has 0 radical (unpaired) electrons. The third-order valence-corrected chi connectivity index (χ3v) is 6.67. The SMILES string of the molecule is c1ccc2[nH]c(SCCCCCCCCSc3nc4ccccc4[nH]3)nc2c1. The van der Waals surface area contributed by atoms with Gasteiger partial charge in [0.2, 0.25) is 0 Å². The van der Waals surface area contributed by atoms with Crippen LogP contribution in [0, 0.1) is 0 Å². The highest BCUT2D eigenvalue weighted by Crippen LogP contribution is 2.22. The molecule has 0 amide bonds. The van der Waals surface area contributed by atoms with E-state index in [9.17, 15) is 0 Å². The topological polar surface area (TPSA) is 57.4 Å². The Morgan fingerprint density at radius 1 is 0.571 bits per heavy atom. The van der Waals surface area contributed by atoms with Crippen molar-refractivity contribution in [2.24, 2.45) is 0 Å². The second kappa shape index (κ2) is 10.0. The Balaban J connectivity index is 1.03. The molecule has 28 heavy (non-hydrogen) atoms. The van der Waals surface area contributed by atoms with Crippen LogP contribution in [-0.4, -0.2) is 31.4 Å². The summed E-state index contributed by atoms with van der Waals surface area (Å²) in [6.45, 7) is 0. The summed E-state index contributed by atoms with van der Waals surface area (Å²) in [5.74, 6) is 2.28. The first kappa shape index (κ1) is 19.4. The van der Waals surface area contributed by atoms with Crippen LogP contribution in [0.25, 0.3) is 22.1 Å². The fourth-order valence-electron chi connectivity index (χ4n) is 3.24. The molecular weight excluding hydrogens is 384 g/mol. The van der Waals surface area contributed by atoms with Crippen LogP contribution in [0.1, 0.15) is 38.5 Å². The number of H-pyrrole nitrogens is 2. The van der Waals surface area contributed by atoms with Gasteiger partial charge in [-0.3, -0.25) is 0 Å². The number of hydrogen-bond donors (Lipinski definition) is 2. The summed E-state index contributed by atoms with van der Waals surface area (Å²) in [6.07, 6.45) is 7.80. The number of aromatic amines is 2. The number of para-hydroxylation sites is 4. The molecular formula is C22H26N4S2. The highest BCUT2D eigenvalue weighted by molar-refractivity contribution is 7.99. The van der Waals surface area contributed by atoms with Crippen molar-refractivity contribution in [3.05, 3.63) is 48.5 Å². The van der Waals surface area contributed by atoms with E-state index < -0.39 is 0 Å². The number of unbranched alkanes of at least 4 members (excludes halogenated alkanes) is 5. The summed E-state index contributed by atoms with van der Waals surface area (Å²) in [5, 5.41) is 2.09. The van der Waals surface area contributed by atoms with Crippen molar-refractivity contribution in [2.45, 2.75) is 48.8 Å². The molecule has 0 aliphatic carbocycles. The minimum atomic E-state index is 1.05. The van der Waals surface area contributed by atoms with Crippen molar-refractivity contribution in [1.29, 1.82) is 0 Å². The van der Waals surface area contributed by atoms with Gasteiger partial charge >= 0.3 is 0 Å². The van der Waals surface area contributed by atoms with Gasteiger partial charge in [-0.1, -0.05) is 73.5 Å². The maximum absolute atomic E-state index is 4.62. The van der Waals surface area contributed by atoms with Crippen molar-refractivity contribution in [3.63, 3.8) is 0 Å². The molecule has 2 heterocycles. The fraction of sp³-hybridized carbons (Fsp3) is 0.364. The van der Waals surface area contributed by atoms with Gasteiger partial charge in [0.15, 0.2) is 10.3 Å². The number of thioether (sulfide) groups is 2. The van der Waals surface area contributed by atoms with Crippen LogP contribution in [-0.2, 0) is 0 Å². The van der Waals surface area contributed by atoms with E-state index in [2.05, 4.69) is 44.2 Å². The second-order valence-electron chi connectivity index (χ2n) is 6.94. The predicted molar refractivity (Wildman–Crippen MR) is 121 cm³/mol. The van der Waals surface area contributed by atoms with Crippen LogP contribution >= 0.6 is 23.5 Å². The van der Waals surface area contributed by atoms with E-state index in [1.54, 1.807) is 0 Å². The Morgan fingerprint density at radius 3 is 1.46 bits per heavy atom. The predicted octanol–water partition coefficient (Wildman–Crippen LogP) is 6.66. The number of rotatable bonds is 11. The average molecular weight is 411 g/mol. The van der Waals surface area contributed by atoms with Gasteiger partial charge in [-0.25, -0.2) is 9.97 Å². The molecule has 4 rings (SSSR count). The summed E-state index contributed by atoms with van der Waals surface area (Å²) in [5.41, 5.74) is 4.38. The van der Waals surface area contributed by atoms with Crippen molar-refractivity contribution in [1.82, 2.24) is 19.9 Å². The molecule has 146 valence electrons. The Hall–Kier alpha value is -1.92. The Bertz CT molecular complexity index is 860. The van der Waals surface area contributed by atoms with Gasteiger partial charge < -0.3 is 9.97 Å². The number of benzene rings is 2. The molecule has 0 unspecified atom stereocenters. The van der Waals surface area contributed by atoms with Crippen LogP contribution < -0.4 is 0 Å². The summed E-state index contributed by atoms with van der Waals surface area (Å²) < 4.78 is 0. The van der Waals surface area contributed by atoms with E-state index in [-0.39, 0.29) is 0 Å². The first-order valence-electron chi connectivity index (χ1n) is 10.0. The molecule has 2 aromatic heterocycles. The average Bonchev–Trinajstić information content (AvgIpc) is 3.32. The zero-order chi connectivity index (χ0) is 19.0. The van der Waals surface area contributed by atoms with Gasteiger partial charge in [0.25, 0.3) is 0 Å². The molecule has 4 nitrogen and oxygen atoms in total. The Kier molecular flexibility index (Phi) is 6.95. The minimum Gasteiger partial charge on any atom is -0.333 e. The smallest absolute Gasteiger partial charge is 0.166 e. The highest BCUT2D eigenvalue weighted by Gasteiger charge is 2.03. The molecule has 2 N–H and O–H groups in total. The summed E-state index contributed by atoms with van der Waals surface area (Å²) in [4.78, 5) is 16.0. The van der Waals surface area contributed by atoms with Gasteiger partial charge in [0.1, 0.15) is 0 Å². The first-order chi connectivity index (χ1) is 13.9. The van der Waals surface area contributed by atoms with Crippen molar-refractivity contribution >= 4 is 45.6 Å². The molecule has 6 heteroatoms. The zero-order valence-corrected chi connectivity index (χ0v) is 17.6. The lowest BCUT2D eigenvalue weighted by Gasteiger charge is -2.01. The Labute approximate surface area is 174 Å². The molecule has 0 aliphatic rings. The van der Waals surface area contributed by atoms with Gasteiger partial charge in [-0.15, -0.1) is 0 Å². The largest absolute Gasteiger partial charge is 0.333 e. The van der Waals surface area contributed by atoms with E-state index in [0.29, 0.717) is 0 Å². The molecule has 4 aromatic rings. The summed E-state index contributed by atoms with van der Waals surface area (Å²) >= 11 is 3.67. The number of nitrogens with one attached hydrogen (secondary N) is 2. The van der Waals surface area contributed by atoms with E-state index >= 15 is 0 Å². The molecule has 0 bridgehead atoms. The monoisotopic (exact) mass is 410 g/mol. The number of imidazole rings is 2. The maximum Gasteiger partial charge on any atom is 0.166 e. The number of hydrogen-bond acceptors (Lipinski definition) is 4. The molecule has 0 saturated carbocycles. The number of aromatic nitrogens is 4. The van der Waals surface area contributed by atoms with Crippen LogP contribution in [0.3, 0.4) is 0 Å². The van der Waals surface area contributed by atoms with Gasteiger partial charge in [-0.2, -0.15) is 0 Å². The molecule has 0 spiro atoms. The van der Waals surface area contributed by atoms with Crippen LogP contribution in [0.2, 0.25) is 0 Å². The lowest BCUT2D eigenvalue weighted by molar-refractivity contribution is 0.629. The molecule has 0 saturated heterocycles. The van der Waals surface area contributed by atoms with Gasteiger partial charge in [-0.05, 0) is 37.1 Å². The molecule has 0 aliphatic heterocycles. The first-order valence-corrected chi connectivity index (χ1v) is 12.0. The standard InChI is InChI=1S/C22H26N4S2/c1(3-9-15-27-21-23-17-11-5-6-12-18(17)24-21)2-4-10-16-28-22-25-19-13-7-8-14-20(19)26-22/h5-8,11-14H,1-4,9-10,15-16H2,(H,23,24)(H,25,26). The van der Waals surface area contributed by atoms with E-state index in [4.69, 9.17) is 0 Å². The van der Waals surface area contributed by atoms with Crippen molar-refractivity contribution in [3.8, 4) is 0 Å². The maximum atomic E-state index is 4.62.